The number of hydrogen-bond acceptors (Lipinski definition) is 3. The quantitative estimate of drug-likeness (QED) is 0.739. The molecule has 88 valence electrons. The van der Waals surface area contributed by atoms with Crippen LogP contribution in [0.5, 0.6) is 0 Å². The van der Waals surface area contributed by atoms with Gasteiger partial charge < -0.3 is 0 Å². The SMILES string of the molecule is [B]C(C)(C)c1nc(C(C)C)nc(C([B])(C)C)n1. The third-order valence-corrected chi connectivity index (χ3v) is 2.32. The highest BCUT2D eigenvalue weighted by Gasteiger charge is 2.24. The van der Waals surface area contributed by atoms with E-state index in [0.29, 0.717) is 11.6 Å². The van der Waals surface area contributed by atoms with Crippen molar-refractivity contribution in [2.45, 2.75) is 58.1 Å². The molecule has 0 aliphatic carbocycles. The van der Waals surface area contributed by atoms with Gasteiger partial charge in [-0.1, -0.05) is 41.5 Å². The van der Waals surface area contributed by atoms with Crippen molar-refractivity contribution < 1.29 is 0 Å². The molecular formula is C12H19B2N3. The highest BCUT2D eigenvalue weighted by molar-refractivity contribution is 6.15. The van der Waals surface area contributed by atoms with E-state index in [0.717, 1.165) is 5.82 Å². The monoisotopic (exact) mass is 227 g/mol. The van der Waals surface area contributed by atoms with Gasteiger partial charge in [0, 0.05) is 5.92 Å². The van der Waals surface area contributed by atoms with Gasteiger partial charge in [0.1, 0.15) is 17.5 Å². The molecule has 0 atom stereocenters. The summed E-state index contributed by atoms with van der Waals surface area (Å²) < 4.78 is 0. The van der Waals surface area contributed by atoms with E-state index in [9.17, 15) is 0 Å². The summed E-state index contributed by atoms with van der Waals surface area (Å²) in [6.07, 6.45) is 0. The summed E-state index contributed by atoms with van der Waals surface area (Å²) in [5.41, 5.74) is 0. The predicted molar refractivity (Wildman–Crippen MR) is 71.5 cm³/mol. The maximum Gasteiger partial charge on any atom is 0.135 e. The molecule has 1 rings (SSSR count). The Morgan fingerprint density at radius 3 is 1.41 bits per heavy atom. The van der Waals surface area contributed by atoms with Gasteiger partial charge in [-0.15, -0.1) is 0 Å². The lowest BCUT2D eigenvalue weighted by atomic mass is 9.70. The van der Waals surface area contributed by atoms with Crippen LogP contribution in [0.3, 0.4) is 0 Å². The van der Waals surface area contributed by atoms with E-state index in [2.05, 4.69) is 15.0 Å². The van der Waals surface area contributed by atoms with Gasteiger partial charge in [0.25, 0.3) is 0 Å². The molecule has 0 spiro atoms. The van der Waals surface area contributed by atoms with Crippen LogP contribution in [0.1, 0.15) is 64.9 Å². The maximum atomic E-state index is 6.04. The third kappa shape index (κ3) is 3.55. The van der Waals surface area contributed by atoms with Crippen molar-refractivity contribution in [1.29, 1.82) is 0 Å². The molecule has 0 N–H and O–H groups in total. The Balaban J connectivity index is 3.40. The van der Waals surface area contributed by atoms with E-state index in [1.54, 1.807) is 0 Å². The van der Waals surface area contributed by atoms with Crippen LogP contribution in [-0.2, 0) is 10.6 Å². The van der Waals surface area contributed by atoms with Crippen molar-refractivity contribution in [2.75, 3.05) is 0 Å². The number of rotatable bonds is 3. The minimum Gasteiger partial charge on any atom is -0.218 e. The molecule has 5 heteroatoms. The molecule has 1 aromatic heterocycles. The Hall–Kier alpha value is -0.860. The Bertz CT molecular complexity index is 371. The minimum absolute atomic E-state index is 0.222. The lowest BCUT2D eigenvalue weighted by molar-refractivity contribution is 0.593. The van der Waals surface area contributed by atoms with E-state index in [1.807, 2.05) is 41.5 Å². The molecule has 3 nitrogen and oxygen atoms in total. The van der Waals surface area contributed by atoms with Gasteiger partial charge >= 0.3 is 0 Å². The summed E-state index contributed by atoms with van der Waals surface area (Å²) in [7, 11) is 12.1. The number of nitrogens with zero attached hydrogens (tertiary/aromatic N) is 3. The van der Waals surface area contributed by atoms with E-state index in [1.165, 1.54) is 0 Å². The maximum absolute atomic E-state index is 6.04. The van der Waals surface area contributed by atoms with E-state index in [-0.39, 0.29) is 5.92 Å². The molecule has 0 amide bonds. The van der Waals surface area contributed by atoms with Crippen LogP contribution in [0.25, 0.3) is 0 Å². The van der Waals surface area contributed by atoms with Gasteiger partial charge in [0.15, 0.2) is 0 Å². The zero-order chi connectivity index (χ0) is 13.4. The van der Waals surface area contributed by atoms with E-state index >= 15 is 0 Å². The number of aromatic nitrogens is 3. The number of hydrogen-bond donors (Lipinski definition) is 0. The van der Waals surface area contributed by atoms with Gasteiger partial charge in [0.2, 0.25) is 0 Å². The molecule has 17 heavy (non-hydrogen) atoms. The van der Waals surface area contributed by atoms with Crippen molar-refractivity contribution >= 4 is 15.7 Å². The van der Waals surface area contributed by atoms with Crippen LogP contribution in [0.2, 0.25) is 0 Å². The van der Waals surface area contributed by atoms with Crippen LogP contribution in [-0.4, -0.2) is 30.6 Å². The van der Waals surface area contributed by atoms with Crippen LogP contribution in [0, 0.1) is 0 Å². The third-order valence-electron chi connectivity index (χ3n) is 2.32. The van der Waals surface area contributed by atoms with Gasteiger partial charge in [-0.05, 0) is 10.6 Å². The van der Waals surface area contributed by atoms with Crippen molar-refractivity contribution in [3.05, 3.63) is 17.5 Å². The van der Waals surface area contributed by atoms with Gasteiger partial charge in [-0.2, -0.15) is 0 Å². The van der Waals surface area contributed by atoms with Crippen LogP contribution >= 0.6 is 0 Å². The lowest BCUT2D eigenvalue weighted by Gasteiger charge is -2.23. The summed E-state index contributed by atoms with van der Waals surface area (Å²) >= 11 is 0. The van der Waals surface area contributed by atoms with Gasteiger partial charge in [0.05, 0.1) is 15.7 Å². The largest absolute Gasteiger partial charge is 0.218 e. The zero-order valence-electron chi connectivity index (χ0n) is 11.6. The average Bonchev–Trinajstić information content (AvgIpc) is 2.14. The smallest absolute Gasteiger partial charge is 0.135 e. The van der Waals surface area contributed by atoms with Crippen molar-refractivity contribution in [2.24, 2.45) is 0 Å². The summed E-state index contributed by atoms with van der Waals surface area (Å²) in [5, 5.41) is -1.18. The fourth-order valence-electron chi connectivity index (χ4n) is 1.23. The second kappa shape index (κ2) is 4.43. The van der Waals surface area contributed by atoms with Crippen molar-refractivity contribution in [3.63, 3.8) is 0 Å². The molecule has 1 aromatic rings. The summed E-state index contributed by atoms with van der Waals surface area (Å²) in [4.78, 5) is 13.2. The first-order valence-corrected chi connectivity index (χ1v) is 5.86. The minimum atomic E-state index is -0.591. The zero-order valence-corrected chi connectivity index (χ0v) is 11.6. The Morgan fingerprint density at radius 2 is 1.18 bits per heavy atom. The molecule has 0 aliphatic heterocycles. The molecule has 0 unspecified atom stereocenters. The summed E-state index contributed by atoms with van der Waals surface area (Å²) in [5.74, 6) is 2.14. The van der Waals surface area contributed by atoms with Gasteiger partial charge in [-0.3, -0.25) is 0 Å². The first-order chi connectivity index (χ1) is 7.51. The molecule has 0 fully saturated rings. The van der Waals surface area contributed by atoms with Crippen LogP contribution in [0.15, 0.2) is 0 Å². The van der Waals surface area contributed by atoms with E-state index in [4.69, 9.17) is 15.7 Å². The molecule has 0 bridgehead atoms. The predicted octanol–water partition coefficient (Wildman–Crippen LogP) is 1.80. The first-order valence-electron chi connectivity index (χ1n) is 5.86. The van der Waals surface area contributed by atoms with Crippen molar-refractivity contribution in [3.8, 4) is 0 Å². The van der Waals surface area contributed by atoms with Gasteiger partial charge in [-0.25, -0.2) is 15.0 Å². The summed E-state index contributed by atoms with van der Waals surface area (Å²) in [6, 6.07) is 0. The van der Waals surface area contributed by atoms with Crippen LogP contribution in [0.4, 0.5) is 0 Å². The average molecular weight is 227 g/mol. The Morgan fingerprint density at radius 1 is 0.824 bits per heavy atom. The standard InChI is InChI=1S/C12H19B2N3/c1-7(2)8-15-9(11(3,4)13)17-10(16-8)12(5,6)14/h7H,1-6H3. The molecule has 0 aliphatic rings. The first kappa shape index (κ1) is 14.2. The molecule has 0 aromatic carbocycles. The molecule has 0 saturated carbocycles. The Kier molecular flexibility index (Phi) is 3.70. The highest BCUT2D eigenvalue weighted by Crippen LogP contribution is 2.22. The molecule has 1 heterocycles. The fourth-order valence-corrected chi connectivity index (χ4v) is 1.23. The van der Waals surface area contributed by atoms with Crippen LogP contribution < -0.4 is 0 Å². The topological polar surface area (TPSA) is 38.7 Å². The molecule has 0 saturated heterocycles. The lowest BCUT2D eigenvalue weighted by Crippen LogP contribution is -2.28. The van der Waals surface area contributed by atoms with E-state index < -0.39 is 10.6 Å². The Labute approximate surface area is 107 Å². The summed E-state index contributed by atoms with van der Waals surface area (Å²) in [6.45, 7) is 11.6. The molecular weight excluding hydrogens is 208 g/mol. The fraction of sp³-hybridized carbons (Fsp3) is 0.750. The normalized spacial score (nSPS) is 13.1. The second-order valence-corrected chi connectivity index (χ2v) is 5.94. The second-order valence-electron chi connectivity index (χ2n) is 5.94. The highest BCUT2D eigenvalue weighted by atomic mass is 15.0. The van der Waals surface area contributed by atoms with Crippen molar-refractivity contribution in [1.82, 2.24) is 15.0 Å². The molecule has 4 radical (unpaired) electrons.